The summed E-state index contributed by atoms with van der Waals surface area (Å²) in [7, 11) is 2.11. The topological polar surface area (TPSA) is 30.8 Å². The molecule has 0 heterocycles. The van der Waals surface area contributed by atoms with Crippen LogP contribution >= 0.6 is 8.58 Å². The first-order chi connectivity index (χ1) is 15.2. The summed E-state index contributed by atoms with van der Waals surface area (Å²) in [6, 6.07) is 21.1. The lowest BCUT2D eigenvalue weighted by Crippen LogP contribution is -2.22. The van der Waals surface area contributed by atoms with Crippen LogP contribution in [0.5, 0.6) is 5.75 Å². The molecular weight excluding hydrogens is 413 g/mol. The summed E-state index contributed by atoms with van der Waals surface area (Å²) in [5, 5.41) is 2.51. The van der Waals surface area contributed by atoms with Gasteiger partial charge in [-0.2, -0.15) is 0 Å². The van der Waals surface area contributed by atoms with E-state index in [0.29, 0.717) is 8.58 Å². The fourth-order valence-corrected chi connectivity index (χ4v) is 5.29. The Labute approximate surface area is 194 Å². The molecule has 0 aliphatic rings. The van der Waals surface area contributed by atoms with Gasteiger partial charge in [0.05, 0.1) is 5.69 Å². The second kappa shape index (κ2) is 10.4. The minimum atomic E-state index is -0.0342. The van der Waals surface area contributed by atoms with Crippen molar-refractivity contribution in [2.75, 3.05) is 13.9 Å². The smallest absolute Gasteiger partial charge is 0.188 e. The van der Waals surface area contributed by atoms with Gasteiger partial charge in [-0.05, 0) is 60.8 Å². The van der Waals surface area contributed by atoms with Gasteiger partial charge in [-0.15, -0.1) is 0 Å². The fraction of sp³-hybridized carbons (Fsp3) is 0.321. The van der Waals surface area contributed by atoms with Crippen molar-refractivity contribution in [1.82, 2.24) is 0 Å². The first-order valence-electron chi connectivity index (χ1n) is 10.9. The number of methoxy groups -OCH3 is 1. The third-order valence-electron chi connectivity index (χ3n) is 5.34. The number of hydrogen-bond donors (Lipinski definition) is 0. The lowest BCUT2D eigenvalue weighted by atomic mass is 9.85. The van der Waals surface area contributed by atoms with Crippen LogP contribution in [0.25, 0.3) is 0 Å². The minimum Gasteiger partial charge on any atom is -0.467 e. The van der Waals surface area contributed by atoms with E-state index in [0.717, 1.165) is 17.1 Å². The lowest BCUT2D eigenvalue weighted by Gasteiger charge is -2.26. The number of ether oxygens (including phenoxy) is 2. The number of aliphatic imine (C=N–C) groups is 1. The van der Waals surface area contributed by atoms with E-state index in [2.05, 4.69) is 71.9 Å². The Morgan fingerprint density at radius 1 is 0.969 bits per heavy atom. The van der Waals surface area contributed by atoms with E-state index in [1.807, 2.05) is 30.3 Å². The zero-order valence-electron chi connectivity index (χ0n) is 20.2. The summed E-state index contributed by atoms with van der Waals surface area (Å²) in [4.78, 5) is 4.89. The molecule has 0 aromatic heterocycles. The van der Waals surface area contributed by atoms with Crippen molar-refractivity contribution in [2.24, 2.45) is 4.99 Å². The summed E-state index contributed by atoms with van der Waals surface area (Å²) in [5.41, 5.74) is 6.85. The Bertz CT molecular complexity index is 1100. The Morgan fingerprint density at radius 3 is 2.34 bits per heavy atom. The van der Waals surface area contributed by atoms with Crippen LogP contribution in [0, 0.1) is 13.8 Å². The van der Waals surface area contributed by atoms with E-state index in [1.165, 1.54) is 32.9 Å². The van der Waals surface area contributed by atoms with Crippen LogP contribution < -0.4 is 15.3 Å². The third kappa shape index (κ3) is 5.85. The van der Waals surface area contributed by atoms with Gasteiger partial charge in [-0.3, -0.25) is 4.99 Å². The van der Waals surface area contributed by atoms with Gasteiger partial charge in [0.1, 0.15) is 5.75 Å². The molecule has 1 atom stereocenters. The van der Waals surface area contributed by atoms with Crippen molar-refractivity contribution in [3.63, 3.8) is 0 Å². The van der Waals surface area contributed by atoms with Crippen molar-refractivity contribution in [3.8, 4) is 5.75 Å². The lowest BCUT2D eigenvalue weighted by molar-refractivity contribution is 0.0506. The molecule has 0 amide bonds. The molecule has 0 fully saturated rings. The van der Waals surface area contributed by atoms with Crippen molar-refractivity contribution in [1.29, 1.82) is 0 Å². The highest BCUT2D eigenvalue weighted by molar-refractivity contribution is 7.56. The number of para-hydroxylation sites is 1. The Morgan fingerprint density at radius 2 is 1.69 bits per heavy atom. The van der Waals surface area contributed by atoms with Gasteiger partial charge in [-0.1, -0.05) is 71.8 Å². The molecule has 3 aromatic rings. The summed E-state index contributed by atoms with van der Waals surface area (Å²) in [6.07, 6.45) is 0. The van der Waals surface area contributed by atoms with Crippen LogP contribution in [-0.2, 0) is 10.2 Å². The second-order valence-corrected chi connectivity index (χ2v) is 10.4. The molecule has 168 valence electrons. The molecule has 3 rings (SSSR count). The molecule has 0 aliphatic carbocycles. The van der Waals surface area contributed by atoms with Gasteiger partial charge in [0.15, 0.2) is 6.79 Å². The predicted octanol–water partition coefficient (Wildman–Crippen LogP) is 6.35. The van der Waals surface area contributed by atoms with E-state index in [4.69, 9.17) is 14.5 Å². The first-order valence-corrected chi connectivity index (χ1v) is 11.9. The van der Waals surface area contributed by atoms with Gasteiger partial charge in [0.2, 0.25) is 0 Å². The molecule has 3 aromatic carbocycles. The van der Waals surface area contributed by atoms with E-state index in [9.17, 15) is 0 Å². The number of rotatable bonds is 7. The average Bonchev–Trinajstić information content (AvgIpc) is 2.74. The number of hydrogen-bond acceptors (Lipinski definition) is 3. The van der Waals surface area contributed by atoms with Crippen molar-refractivity contribution in [2.45, 2.75) is 47.0 Å². The molecule has 0 radical (unpaired) electrons. The second-order valence-electron chi connectivity index (χ2n) is 9.15. The summed E-state index contributed by atoms with van der Waals surface area (Å²) in [5.74, 6) is 0.940. The maximum Gasteiger partial charge on any atom is 0.188 e. The zero-order chi connectivity index (χ0) is 23.3. The summed E-state index contributed by atoms with van der Waals surface area (Å²) >= 11 is 0. The monoisotopic (exact) mass is 447 g/mol. The maximum atomic E-state index is 6.16. The molecule has 0 saturated heterocycles. The molecule has 1 unspecified atom stereocenters. The van der Waals surface area contributed by atoms with Crippen LogP contribution in [0.1, 0.15) is 49.9 Å². The van der Waals surface area contributed by atoms with Gasteiger partial charge in [0, 0.05) is 29.3 Å². The molecule has 3 nitrogen and oxygen atoms in total. The quantitative estimate of drug-likeness (QED) is 0.240. The van der Waals surface area contributed by atoms with Crippen LogP contribution in [0.2, 0.25) is 0 Å². The SMILES string of the molecule is COCOc1c(Pc2c(C)cccc2/C(C)=N/c2ccccc2)cc(C)cc1C(C)(C)C. The average molecular weight is 448 g/mol. The highest BCUT2D eigenvalue weighted by atomic mass is 31.1. The van der Waals surface area contributed by atoms with E-state index in [-0.39, 0.29) is 12.2 Å². The van der Waals surface area contributed by atoms with Crippen LogP contribution in [0.4, 0.5) is 5.69 Å². The molecule has 4 heteroatoms. The van der Waals surface area contributed by atoms with E-state index >= 15 is 0 Å². The van der Waals surface area contributed by atoms with Crippen molar-refractivity contribution < 1.29 is 9.47 Å². The zero-order valence-corrected chi connectivity index (χ0v) is 21.2. The first kappa shape index (κ1) is 24.2. The van der Waals surface area contributed by atoms with Gasteiger partial charge in [-0.25, -0.2) is 0 Å². The maximum absolute atomic E-state index is 6.16. The normalized spacial score (nSPS) is 12.5. The minimum absolute atomic E-state index is 0.0342. The number of nitrogens with zero attached hydrogens (tertiary/aromatic N) is 1. The molecule has 0 saturated carbocycles. The molecule has 32 heavy (non-hydrogen) atoms. The third-order valence-corrected chi connectivity index (χ3v) is 6.89. The Kier molecular flexibility index (Phi) is 7.87. The molecule has 0 aliphatic heterocycles. The van der Waals surface area contributed by atoms with Crippen LogP contribution in [-0.4, -0.2) is 19.6 Å². The summed E-state index contributed by atoms with van der Waals surface area (Å²) in [6.45, 7) is 13.3. The molecule has 0 bridgehead atoms. The van der Waals surface area contributed by atoms with Crippen molar-refractivity contribution >= 4 is 30.6 Å². The molecule has 0 spiro atoms. The largest absolute Gasteiger partial charge is 0.467 e. The fourth-order valence-electron chi connectivity index (χ4n) is 3.72. The summed E-state index contributed by atoms with van der Waals surface area (Å²) < 4.78 is 11.4. The Balaban J connectivity index is 2.11. The van der Waals surface area contributed by atoms with Crippen molar-refractivity contribution in [3.05, 3.63) is 82.9 Å². The van der Waals surface area contributed by atoms with E-state index in [1.54, 1.807) is 7.11 Å². The number of aryl methyl sites for hydroxylation is 2. The standard InChI is InChI=1S/C28H34NO2P/c1-19-16-24(28(4,5)6)26(31-18-30-7)25(17-19)32-27-20(2)12-11-15-23(27)21(3)29-22-13-9-8-10-14-22/h8-17,32H,18H2,1-7H3/b29-21+. The van der Waals surface area contributed by atoms with Crippen LogP contribution in [0.15, 0.2) is 65.7 Å². The highest BCUT2D eigenvalue weighted by Crippen LogP contribution is 2.35. The number of benzene rings is 3. The van der Waals surface area contributed by atoms with Gasteiger partial charge in [0.25, 0.3) is 0 Å². The van der Waals surface area contributed by atoms with Crippen LogP contribution in [0.3, 0.4) is 0 Å². The predicted molar refractivity (Wildman–Crippen MR) is 139 cm³/mol. The highest BCUT2D eigenvalue weighted by Gasteiger charge is 2.23. The van der Waals surface area contributed by atoms with Gasteiger partial charge >= 0.3 is 0 Å². The van der Waals surface area contributed by atoms with Gasteiger partial charge < -0.3 is 9.47 Å². The Hall–Kier alpha value is -2.48. The molecule has 0 N–H and O–H groups in total. The van der Waals surface area contributed by atoms with E-state index < -0.39 is 0 Å². The molecular formula is C28H34NO2P.